The molecular formula is C25H45N3O2. The van der Waals surface area contributed by atoms with E-state index >= 15 is 0 Å². The number of carbonyl (C=O) groups is 2. The lowest BCUT2D eigenvalue weighted by molar-refractivity contribution is -0.141. The summed E-state index contributed by atoms with van der Waals surface area (Å²) in [6.45, 7) is 10.7. The molecule has 0 saturated carbocycles. The zero-order valence-electron chi connectivity index (χ0n) is 20.2. The van der Waals surface area contributed by atoms with Gasteiger partial charge in [0.15, 0.2) is 0 Å². The molecule has 2 amide bonds. The van der Waals surface area contributed by atoms with Gasteiger partial charge in [0.2, 0.25) is 11.8 Å². The third-order valence-corrected chi connectivity index (χ3v) is 5.55. The van der Waals surface area contributed by atoms with Gasteiger partial charge < -0.3 is 14.4 Å². The van der Waals surface area contributed by atoms with E-state index in [0.717, 1.165) is 37.9 Å². The fraction of sp³-hybridized carbons (Fsp3) is 0.760. The summed E-state index contributed by atoms with van der Waals surface area (Å²) in [5, 5.41) is 0. The van der Waals surface area contributed by atoms with Gasteiger partial charge in [-0.1, -0.05) is 66.2 Å². The molecule has 1 rings (SSSR count). The first-order chi connectivity index (χ1) is 14.4. The second-order valence-electron chi connectivity index (χ2n) is 8.97. The quantitative estimate of drug-likeness (QED) is 0.337. The standard InChI is InChI=1S/C25H45N3O2/c1-6-8-10-11-12-13-16-24(29)28(19-22(3)4)21-25(30)27(18-9-7-2)20-23-15-14-17-26(23)5/h14-15,17,22H,6-13,16,18-21H2,1-5H3. The molecule has 1 aromatic rings. The molecule has 0 bridgehead atoms. The molecule has 5 nitrogen and oxygen atoms in total. The number of nitrogens with zero attached hydrogens (tertiary/aromatic N) is 3. The molecule has 172 valence electrons. The molecule has 0 saturated heterocycles. The number of hydrogen-bond donors (Lipinski definition) is 0. The van der Waals surface area contributed by atoms with Crippen LogP contribution in [0, 0.1) is 5.92 Å². The maximum atomic E-state index is 13.2. The number of carbonyl (C=O) groups excluding carboxylic acids is 2. The Hall–Kier alpha value is -1.78. The Morgan fingerprint density at radius 3 is 2.20 bits per heavy atom. The average molecular weight is 420 g/mol. The summed E-state index contributed by atoms with van der Waals surface area (Å²) in [5.41, 5.74) is 1.12. The third-order valence-electron chi connectivity index (χ3n) is 5.55. The van der Waals surface area contributed by atoms with E-state index in [1.54, 1.807) is 4.90 Å². The first-order valence-corrected chi connectivity index (χ1v) is 12.0. The molecular weight excluding hydrogens is 374 g/mol. The highest BCUT2D eigenvalue weighted by Crippen LogP contribution is 2.12. The SMILES string of the molecule is CCCCCCCCC(=O)N(CC(=O)N(CCCC)Cc1cccn1C)CC(C)C. The normalized spacial score (nSPS) is 11.1. The van der Waals surface area contributed by atoms with E-state index in [1.165, 1.54) is 25.7 Å². The van der Waals surface area contributed by atoms with Crippen LogP contribution in [0.3, 0.4) is 0 Å². The van der Waals surface area contributed by atoms with E-state index in [2.05, 4.69) is 38.3 Å². The van der Waals surface area contributed by atoms with Crippen molar-refractivity contribution < 1.29 is 9.59 Å². The van der Waals surface area contributed by atoms with Gasteiger partial charge in [-0.15, -0.1) is 0 Å². The topological polar surface area (TPSA) is 45.6 Å². The van der Waals surface area contributed by atoms with Crippen LogP contribution in [0.25, 0.3) is 0 Å². The van der Waals surface area contributed by atoms with Crippen LogP contribution in [0.4, 0.5) is 0 Å². The Bertz CT molecular complexity index is 609. The second kappa shape index (κ2) is 15.1. The Morgan fingerprint density at radius 2 is 1.60 bits per heavy atom. The number of unbranched alkanes of at least 4 members (excludes halogenated alkanes) is 6. The number of aryl methyl sites for hydroxylation is 1. The maximum Gasteiger partial charge on any atom is 0.242 e. The number of rotatable bonds is 16. The molecule has 0 fully saturated rings. The van der Waals surface area contributed by atoms with Crippen LogP contribution in [0.2, 0.25) is 0 Å². The molecule has 0 unspecified atom stereocenters. The van der Waals surface area contributed by atoms with Crippen LogP contribution in [0.1, 0.15) is 91.2 Å². The van der Waals surface area contributed by atoms with Crippen LogP contribution >= 0.6 is 0 Å². The molecule has 0 N–H and O–H groups in total. The van der Waals surface area contributed by atoms with E-state index in [4.69, 9.17) is 0 Å². The molecule has 0 spiro atoms. The van der Waals surface area contributed by atoms with Crippen molar-refractivity contribution >= 4 is 11.8 Å². The Kier molecular flexibility index (Phi) is 13.2. The van der Waals surface area contributed by atoms with E-state index < -0.39 is 0 Å². The third kappa shape index (κ3) is 10.3. The van der Waals surface area contributed by atoms with Crippen LogP contribution in [0.5, 0.6) is 0 Å². The monoisotopic (exact) mass is 419 g/mol. The molecule has 1 aromatic heterocycles. The van der Waals surface area contributed by atoms with Gasteiger partial charge >= 0.3 is 0 Å². The van der Waals surface area contributed by atoms with Gasteiger partial charge in [-0.3, -0.25) is 9.59 Å². The van der Waals surface area contributed by atoms with Crippen molar-refractivity contribution in [3.8, 4) is 0 Å². The number of aromatic nitrogens is 1. The largest absolute Gasteiger partial charge is 0.353 e. The predicted molar refractivity (Wildman–Crippen MR) is 125 cm³/mol. The van der Waals surface area contributed by atoms with Gasteiger partial charge in [-0.25, -0.2) is 0 Å². The maximum absolute atomic E-state index is 13.2. The van der Waals surface area contributed by atoms with Crippen molar-refractivity contribution in [1.29, 1.82) is 0 Å². The molecule has 0 atom stereocenters. The van der Waals surface area contributed by atoms with Crippen molar-refractivity contribution in [2.45, 2.75) is 92.0 Å². The molecule has 1 heterocycles. The predicted octanol–water partition coefficient (Wildman–Crippen LogP) is 5.39. The fourth-order valence-electron chi connectivity index (χ4n) is 3.67. The summed E-state index contributed by atoms with van der Waals surface area (Å²) >= 11 is 0. The lowest BCUT2D eigenvalue weighted by Crippen LogP contribution is -2.44. The Morgan fingerprint density at radius 1 is 0.933 bits per heavy atom. The van der Waals surface area contributed by atoms with Gasteiger partial charge in [0.25, 0.3) is 0 Å². The van der Waals surface area contributed by atoms with Crippen LogP contribution in [-0.2, 0) is 23.2 Å². The summed E-state index contributed by atoms with van der Waals surface area (Å²) < 4.78 is 2.06. The summed E-state index contributed by atoms with van der Waals surface area (Å²) in [6.07, 6.45) is 11.6. The Labute approximate surface area is 184 Å². The van der Waals surface area contributed by atoms with E-state index in [-0.39, 0.29) is 18.4 Å². The van der Waals surface area contributed by atoms with E-state index in [9.17, 15) is 9.59 Å². The van der Waals surface area contributed by atoms with Gasteiger partial charge in [0.05, 0.1) is 13.1 Å². The van der Waals surface area contributed by atoms with Crippen molar-refractivity contribution in [3.05, 3.63) is 24.0 Å². The van der Waals surface area contributed by atoms with Crippen LogP contribution in [0.15, 0.2) is 18.3 Å². The highest BCUT2D eigenvalue weighted by Gasteiger charge is 2.22. The summed E-state index contributed by atoms with van der Waals surface area (Å²) in [5.74, 6) is 0.534. The smallest absolute Gasteiger partial charge is 0.242 e. The average Bonchev–Trinajstić information content (AvgIpc) is 3.11. The van der Waals surface area contributed by atoms with E-state index in [1.807, 2.05) is 24.2 Å². The summed E-state index contributed by atoms with van der Waals surface area (Å²) in [7, 11) is 2.01. The zero-order chi connectivity index (χ0) is 22.4. The Balaban J connectivity index is 2.68. The molecule has 0 radical (unpaired) electrons. The van der Waals surface area contributed by atoms with Crippen molar-refractivity contribution in [2.24, 2.45) is 13.0 Å². The highest BCUT2D eigenvalue weighted by atomic mass is 16.2. The second-order valence-corrected chi connectivity index (χ2v) is 8.97. The van der Waals surface area contributed by atoms with Gasteiger partial charge in [0.1, 0.15) is 0 Å². The minimum absolute atomic E-state index is 0.0570. The molecule has 30 heavy (non-hydrogen) atoms. The lowest BCUT2D eigenvalue weighted by atomic mass is 10.1. The zero-order valence-corrected chi connectivity index (χ0v) is 20.2. The molecule has 5 heteroatoms. The molecule has 0 aromatic carbocycles. The van der Waals surface area contributed by atoms with Crippen molar-refractivity contribution in [3.63, 3.8) is 0 Å². The summed E-state index contributed by atoms with van der Waals surface area (Å²) in [4.78, 5) is 29.7. The molecule has 0 aliphatic heterocycles. The molecule has 0 aliphatic rings. The first kappa shape index (κ1) is 26.3. The summed E-state index contributed by atoms with van der Waals surface area (Å²) in [6, 6.07) is 4.06. The van der Waals surface area contributed by atoms with Crippen LogP contribution in [-0.4, -0.2) is 45.8 Å². The van der Waals surface area contributed by atoms with E-state index in [0.29, 0.717) is 25.4 Å². The van der Waals surface area contributed by atoms with Crippen molar-refractivity contribution in [1.82, 2.24) is 14.4 Å². The van der Waals surface area contributed by atoms with Gasteiger partial charge in [0, 0.05) is 38.4 Å². The van der Waals surface area contributed by atoms with Gasteiger partial charge in [-0.2, -0.15) is 0 Å². The highest BCUT2D eigenvalue weighted by molar-refractivity contribution is 5.84. The number of hydrogen-bond acceptors (Lipinski definition) is 2. The van der Waals surface area contributed by atoms with Crippen molar-refractivity contribution in [2.75, 3.05) is 19.6 Å². The molecule has 0 aliphatic carbocycles. The van der Waals surface area contributed by atoms with Crippen LogP contribution < -0.4 is 0 Å². The van der Waals surface area contributed by atoms with Gasteiger partial charge in [-0.05, 0) is 30.9 Å². The number of amides is 2. The minimum atomic E-state index is 0.0570. The first-order valence-electron chi connectivity index (χ1n) is 12.0. The minimum Gasteiger partial charge on any atom is -0.353 e. The fourth-order valence-corrected chi connectivity index (χ4v) is 3.67. The lowest BCUT2D eigenvalue weighted by Gasteiger charge is -2.29.